The molecule has 0 bridgehead atoms. The summed E-state index contributed by atoms with van der Waals surface area (Å²) in [5, 5.41) is 2.73. The smallest absolute Gasteiger partial charge is 0.195 e. The molecule has 0 saturated carbocycles. The van der Waals surface area contributed by atoms with Crippen LogP contribution in [-0.4, -0.2) is 21.7 Å². The Kier molecular flexibility index (Phi) is 5.10. The third-order valence-electron chi connectivity index (χ3n) is 4.76. The lowest BCUT2D eigenvalue weighted by Gasteiger charge is -2.38. The van der Waals surface area contributed by atoms with Gasteiger partial charge in [0, 0.05) is 13.5 Å². The first-order valence-electron chi connectivity index (χ1n) is 7.92. The van der Waals surface area contributed by atoms with Gasteiger partial charge in [-0.05, 0) is 34.5 Å². The van der Waals surface area contributed by atoms with Crippen LogP contribution in [0, 0.1) is 0 Å². The van der Waals surface area contributed by atoms with E-state index < -0.39 is 8.32 Å². The highest BCUT2D eigenvalue weighted by Crippen LogP contribution is 2.37. The molecule has 0 N–H and O–H groups in total. The van der Waals surface area contributed by atoms with E-state index in [1.165, 1.54) is 16.3 Å². The molecule has 0 aliphatic rings. The van der Waals surface area contributed by atoms with Gasteiger partial charge >= 0.3 is 0 Å². The molecule has 120 valence electrons. The van der Waals surface area contributed by atoms with Crippen molar-refractivity contribution >= 4 is 19.1 Å². The van der Waals surface area contributed by atoms with Crippen molar-refractivity contribution in [1.29, 1.82) is 0 Å². The number of fused-ring (bicyclic) bond motifs is 1. The van der Waals surface area contributed by atoms with Gasteiger partial charge in [-0.25, -0.2) is 0 Å². The SMILES string of the molecule is COC(Cc1cccc2ccccc12)O[Si](C)(C)C(C)(C)C. The van der Waals surface area contributed by atoms with Crippen LogP contribution < -0.4 is 0 Å². The molecule has 2 aromatic carbocycles. The van der Waals surface area contributed by atoms with Crippen LogP contribution in [-0.2, 0) is 15.6 Å². The Balaban J connectivity index is 2.23. The van der Waals surface area contributed by atoms with Crippen LogP contribution in [0.15, 0.2) is 42.5 Å². The second-order valence-electron chi connectivity index (χ2n) is 7.39. The maximum atomic E-state index is 6.42. The van der Waals surface area contributed by atoms with E-state index >= 15 is 0 Å². The predicted octanol–water partition coefficient (Wildman–Crippen LogP) is 5.38. The van der Waals surface area contributed by atoms with Crippen LogP contribution >= 0.6 is 0 Å². The molecule has 3 heteroatoms. The van der Waals surface area contributed by atoms with Crippen LogP contribution in [0.2, 0.25) is 18.1 Å². The van der Waals surface area contributed by atoms with E-state index in [0.717, 1.165) is 6.42 Å². The lowest BCUT2D eigenvalue weighted by atomic mass is 10.0. The van der Waals surface area contributed by atoms with E-state index in [0.29, 0.717) is 0 Å². The summed E-state index contributed by atoms with van der Waals surface area (Å²) in [6.07, 6.45) is 0.594. The molecule has 1 atom stereocenters. The summed E-state index contributed by atoms with van der Waals surface area (Å²) in [7, 11) is -0.0963. The van der Waals surface area contributed by atoms with E-state index in [1.54, 1.807) is 7.11 Å². The molecule has 0 amide bonds. The van der Waals surface area contributed by atoms with E-state index in [1.807, 2.05) is 0 Å². The molecule has 2 rings (SSSR count). The molecule has 0 radical (unpaired) electrons. The van der Waals surface area contributed by atoms with E-state index in [-0.39, 0.29) is 11.3 Å². The van der Waals surface area contributed by atoms with Crippen molar-refractivity contribution in [3.05, 3.63) is 48.0 Å². The van der Waals surface area contributed by atoms with Gasteiger partial charge in [-0.2, -0.15) is 0 Å². The standard InChI is InChI=1S/C19H28O2Si/c1-19(2,3)22(5,6)21-18(20-4)14-16-12-9-11-15-10-7-8-13-17(15)16/h7-13,18H,14H2,1-6H3. The van der Waals surface area contributed by atoms with Crippen molar-refractivity contribution in [2.24, 2.45) is 0 Å². The molecule has 1 unspecified atom stereocenters. The predicted molar refractivity (Wildman–Crippen MR) is 96.7 cm³/mol. The molecule has 0 aliphatic carbocycles. The molecule has 2 nitrogen and oxygen atoms in total. The summed E-state index contributed by atoms with van der Waals surface area (Å²) in [5.74, 6) is 0. The number of ether oxygens (including phenoxy) is 1. The minimum Gasteiger partial charge on any atom is -0.392 e. The lowest BCUT2D eigenvalue weighted by Crippen LogP contribution is -2.45. The molecule has 0 aliphatic heterocycles. The molecule has 0 fully saturated rings. The molecule has 0 saturated heterocycles. The molecule has 0 spiro atoms. The highest BCUT2D eigenvalue weighted by molar-refractivity contribution is 6.74. The molecular weight excluding hydrogens is 288 g/mol. The number of hydrogen-bond acceptors (Lipinski definition) is 2. The molecular formula is C19H28O2Si. The van der Waals surface area contributed by atoms with Gasteiger partial charge in [0.15, 0.2) is 14.6 Å². The van der Waals surface area contributed by atoms with E-state index in [9.17, 15) is 0 Å². The van der Waals surface area contributed by atoms with Crippen LogP contribution in [0.4, 0.5) is 0 Å². The summed E-state index contributed by atoms with van der Waals surface area (Å²) >= 11 is 0. The van der Waals surface area contributed by atoms with Crippen molar-refractivity contribution in [3.63, 3.8) is 0 Å². The summed E-state index contributed by atoms with van der Waals surface area (Å²) in [6, 6.07) is 14.9. The molecule has 22 heavy (non-hydrogen) atoms. The normalized spacial score (nSPS) is 14.3. The third-order valence-corrected chi connectivity index (χ3v) is 9.23. The van der Waals surface area contributed by atoms with Crippen LogP contribution in [0.5, 0.6) is 0 Å². The minimum absolute atomic E-state index is 0.183. The second-order valence-corrected chi connectivity index (χ2v) is 12.1. The Morgan fingerprint density at radius 3 is 2.27 bits per heavy atom. The zero-order valence-electron chi connectivity index (χ0n) is 14.6. The lowest BCUT2D eigenvalue weighted by molar-refractivity contribution is -0.0611. The van der Waals surface area contributed by atoms with Crippen LogP contribution in [0.1, 0.15) is 26.3 Å². The fraction of sp³-hybridized carbons (Fsp3) is 0.474. The van der Waals surface area contributed by atoms with Gasteiger partial charge in [-0.15, -0.1) is 0 Å². The Morgan fingerprint density at radius 2 is 1.64 bits per heavy atom. The van der Waals surface area contributed by atoms with Crippen molar-refractivity contribution in [3.8, 4) is 0 Å². The van der Waals surface area contributed by atoms with Crippen LogP contribution in [0.25, 0.3) is 10.8 Å². The van der Waals surface area contributed by atoms with Gasteiger partial charge in [-0.1, -0.05) is 63.2 Å². The number of hydrogen-bond donors (Lipinski definition) is 0. The Bertz CT molecular complexity index is 623. The van der Waals surface area contributed by atoms with Gasteiger partial charge in [-0.3, -0.25) is 0 Å². The van der Waals surface area contributed by atoms with Gasteiger partial charge in [0.1, 0.15) is 0 Å². The highest BCUT2D eigenvalue weighted by atomic mass is 28.4. The van der Waals surface area contributed by atoms with Crippen molar-refractivity contribution < 1.29 is 9.16 Å². The summed E-state index contributed by atoms with van der Waals surface area (Å²) in [5.41, 5.74) is 1.28. The Labute approximate surface area is 135 Å². The molecule has 2 aromatic rings. The van der Waals surface area contributed by atoms with Crippen molar-refractivity contribution in [2.75, 3.05) is 7.11 Å². The second kappa shape index (κ2) is 6.53. The first-order valence-corrected chi connectivity index (χ1v) is 10.8. The largest absolute Gasteiger partial charge is 0.392 e. The summed E-state index contributed by atoms with van der Waals surface area (Å²) in [6.45, 7) is 11.3. The van der Waals surface area contributed by atoms with Crippen LogP contribution in [0.3, 0.4) is 0 Å². The quantitative estimate of drug-likeness (QED) is 0.545. The fourth-order valence-corrected chi connectivity index (χ4v) is 3.52. The van der Waals surface area contributed by atoms with Gasteiger partial charge in [0.05, 0.1) is 0 Å². The maximum Gasteiger partial charge on any atom is 0.195 e. The van der Waals surface area contributed by atoms with E-state index in [4.69, 9.17) is 9.16 Å². The Hall–Kier alpha value is -1.16. The molecule has 0 heterocycles. The number of methoxy groups -OCH3 is 1. The van der Waals surface area contributed by atoms with Crippen molar-refractivity contribution in [1.82, 2.24) is 0 Å². The first-order chi connectivity index (χ1) is 10.2. The van der Waals surface area contributed by atoms with Gasteiger partial charge < -0.3 is 9.16 Å². The average Bonchev–Trinajstić information content (AvgIpc) is 2.45. The first kappa shape index (κ1) is 17.2. The maximum absolute atomic E-state index is 6.42. The van der Waals surface area contributed by atoms with Gasteiger partial charge in [0.25, 0.3) is 0 Å². The fourth-order valence-electron chi connectivity index (χ4n) is 2.33. The highest BCUT2D eigenvalue weighted by Gasteiger charge is 2.39. The Morgan fingerprint density at radius 1 is 1.00 bits per heavy atom. The van der Waals surface area contributed by atoms with E-state index in [2.05, 4.69) is 76.3 Å². The topological polar surface area (TPSA) is 18.5 Å². The number of benzene rings is 2. The monoisotopic (exact) mass is 316 g/mol. The summed E-state index contributed by atoms with van der Waals surface area (Å²) in [4.78, 5) is 0. The van der Waals surface area contributed by atoms with Crippen molar-refractivity contribution in [2.45, 2.75) is 51.6 Å². The number of rotatable bonds is 5. The average molecular weight is 317 g/mol. The minimum atomic E-state index is -1.84. The third kappa shape index (κ3) is 3.78. The molecule has 0 aromatic heterocycles. The van der Waals surface area contributed by atoms with Gasteiger partial charge in [0.2, 0.25) is 0 Å². The zero-order valence-corrected chi connectivity index (χ0v) is 15.6. The summed E-state index contributed by atoms with van der Waals surface area (Å²) < 4.78 is 12.1. The zero-order chi connectivity index (χ0) is 16.4.